The number of nitrogens with two attached hydrogens (primary N) is 2. The number of carboxylic acids is 2. The van der Waals surface area contributed by atoms with Gasteiger partial charge in [0.2, 0.25) is 17.8 Å². The van der Waals surface area contributed by atoms with Gasteiger partial charge in [-0.3, -0.25) is 59.2 Å². The Kier molecular flexibility index (Phi) is 25.5. The van der Waals surface area contributed by atoms with Crippen LogP contribution in [0, 0.1) is 17.2 Å². The summed E-state index contributed by atoms with van der Waals surface area (Å²) in [7, 11) is 0. The first-order valence-corrected chi connectivity index (χ1v) is 24.7. The number of H-pyrrole nitrogens is 1. The number of rotatable bonds is 33. The summed E-state index contributed by atoms with van der Waals surface area (Å²) in [5.74, 6) is -6.35. The van der Waals surface area contributed by atoms with Gasteiger partial charge in [0.05, 0.1) is 6.04 Å². The Morgan fingerprint density at radius 1 is 0.889 bits per heavy atom. The molecule has 1 aromatic heterocycles. The standard InChI is InChI=1S/C45H78N12O15/c1-24(2)29(41(65)66)54-30(26-17-21-51-44(48)52-26)39(64)55-32(36(25(3)4)71-28(59)16-13-11-9-7-5-6-8-10-12-14-22-57(70)43(46)47)38(63)50-20-15-19-49-31(42(67)68)33(60)37-34(61)35(62)40(72-37)56-23-18-27(58)53-45(56)69/h18,23-26,29-37,40,49,54,60-62,70H,5-17,19-22H2,1-4H3,(H3,46,47)(H,50,63)(H,55,64)(H,65,66)(H,67,68)(H3,48,51,52)(H,53,58,69)/t26-,29-,30-,31-,32-,33-,34-,35+,36-,37+,40+/m0/s1. The van der Waals surface area contributed by atoms with Gasteiger partial charge in [0.1, 0.15) is 54.7 Å². The minimum Gasteiger partial charge on any atom is -0.480 e. The van der Waals surface area contributed by atoms with E-state index in [4.69, 9.17) is 26.4 Å². The molecule has 3 heterocycles. The number of aliphatic imine (C=N–C) groups is 1. The molecule has 1 saturated heterocycles. The molecule has 2 aliphatic heterocycles. The third-order valence-electron chi connectivity index (χ3n) is 12.5. The fourth-order valence-electron chi connectivity index (χ4n) is 8.44. The van der Waals surface area contributed by atoms with Crippen LogP contribution >= 0.6 is 0 Å². The van der Waals surface area contributed by atoms with Gasteiger partial charge in [-0.15, -0.1) is 0 Å². The minimum absolute atomic E-state index is 0.0241. The predicted octanol–water partition coefficient (Wildman–Crippen LogP) is -2.26. The van der Waals surface area contributed by atoms with E-state index in [0.717, 1.165) is 79.7 Å². The van der Waals surface area contributed by atoms with Crippen molar-refractivity contribution in [1.29, 1.82) is 5.41 Å². The number of nitrogens with zero attached hydrogens (tertiary/aromatic N) is 3. The van der Waals surface area contributed by atoms with Gasteiger partial charge in [-0.2, -0.15) is 0 Å². The van der Waals surface area contributed by atoms with Crippen LogP contribution in [-0.2, 0) is 33.4 Å². The highest BCUT2D eigenvalue weighted by Crippen LogP contribution is 2.31. The van der Waals surface area contributed by atoms with Crippen molar-refractivity contribution in [2.45, 2.75) is 178 Å². The summed E-state index contributed by atoms with van der Waals surface area (Å²) < 4.78 is 12.2. The first kappa shape index (κ1) is 60.6. The number of hydroxylamine groups is 2. The Morgan fingerprint density at radius 3 is 2.06 bits per heavy atom. The maximum atomic E-state index is 14.4. The number of aromatic nitrogens is 2. The number of amides is 2. The SMILES string of the molecule is CC(C)[C@H](N[C@H](C(=O)N[C@H](C(=O)NCCCN[C@H](C(=O)O)[C@H](O)[C@H]1O[C@@H](n2ccc(=O)[nH]c2=O)[C@H](O)[C@@H]1O)[C@@H](OC(=O)CCCCCCCCCCCCN(O)C(=N)N)C(C)C)[C@@H]1CCN=C(N)N1)C(=O)O. The Hall–Kier alpha value is -5.71. The van der Waals surface area contributed by atoms with Gasteiger partial charge in [-0.1, -0.05) is 79.1 Å². The highest BCUT2D eigenvalue weighted by atomic mass is 16.6. The van der Waals surface area contributed by atoms with E-state index in [9.17, 15) is 64.3 Å². The third-order valence-corrected chi connectivity index (χ3v) is 12.5. The molecule has 1 aromatic rings. The smallest absolute Gasteiger partial charge is 0.330 e. The largest absolute Gasteiger partial charge is 0.480 e. The number of aliphatic carboxylic acids is 2. The van der Waals surface area contributed by atoms with Crippen molar-refractivity contribution < 1.29 is 64.2 Å². The molecule has 0 unspecified atom stereocenters. The lowest BCUT2D eigenvalue weighted by molar-refractivity contribution is -0.156. The Labute approximate surface area is 417 Å². The van der Waals surface area contributed by atoms with Gasteiger partial charge in [-0.05, 0) is 44.1 Å². The first-order chi connectivity index (χ1) is 34.0. The van der Waals surface area contributed by atoms with E-state index in [-0.39, 0.29) is 50.8 Å². The zero-order valence-electron chi connectivity index (χ0n) is 41.5. The summed E-state index contributed by atoms with van der Waals surface area (Å²) in [4.78, 5) is 96.5. The molecule has 0 saturated carbocycles. The summed E-state index contributed by atoms with van der Waals surface area (Å²) in [6, 6.07) is -5.58. The highest BCUT2D eigenvalue weighted by Gasteiger charge is 2.50. The minimum atomic E-state index is -1.99. The maximum absolute atomic E-state index is 14.4. The number of hydrogen-bond acceptors (Lipinski definition) is 19. The average molecular weight is 1030 g/mol. The van der Waals surface area contributed by atoms with Crippen molar-refractivity contribution in [1.82, 2.24) is 41.2 Å². The molecule has 27 heteroatoms. The van der Waals surface area contributed by atoms with Crippen molar-refractivity contribution in [2.24, 2.45) is 28.3 Å². The lowest BCUT2D eigenvalue weighted by Gasteiger charge is -2.35. The van der Waals surface area contributed by atoms with E-state index in [1.807, 2.05) is 4.98 Å². The maximum Gasteiger partial charge on any atom is 0.330 e. The molecule has 2 amide bonds. The summed E-state index contributed by atoms with van der Waals surface area (Å²) >= 11 is 0. The molecular formula is C45H78N12O15. The second-order valence-corrected chi connectivity index (χ2v) is 18.9. The van der Waals surface area contributed by atoms with E-state index < -0.39 is 120 Å². The van der Waals surface area contributed by atoms with Crippen LogP contribution in [0.5, 0.6) is 0 Å². The zero-order chi connectivity index (χ0) is 53.7. The van der Waals surface area contributed by atoms with Gasteiger partial charge in [0.15, 0.2) is 12.2 Å². The van der Waals surface area contributed by atoms with Crippen LogP contribution in [0.15, 0.2) is 26.8 Å². The van der Waals surface area contributed by atoms with E-state index in [1.165, 1.54) is 0 Å². The second-order valence-electron chi connectivity index (χ2n) is 18.9. The monoisotopic (exact) mass is 1030 g/mol. The zero-order valence-corrected chi connectivity index (χ0v) is 41.5. The van der Waals surface area contributed by atoms with Crippen molar-refractivity contribution in [3.05, 3.63) is 33.1 Å². The van der Waals surface area contributed by atoms with Gasteiger partial charge in [-0.25, -0.2) is 9.86 Å². The molecule has 72 heavy (non-hydrogen) atoms. The molecule has 0 aliphatic carbocycles. The number of ether oxygens (including phenoxy) is 2. The number of carbonyl (C=O) groups excluding carboxylic acids is 3. The number of hydrogen-bond donors (Lipinski definition) is 15. The van der Waals surface area contributed by atoms with Crippen LogP contribution in [-0.4, -0.2) is 174 Å². The molecule has 1 fully saturated rings. The number of aliphatic hydroxyl groups excluding tert-OH is 3. The summed E-state index contributed by atoms with van der Waals surface area (Å²) in [5, 5.41) is 83.7. The Balaban J connectivity index is 1.68. The lowest BCUT2D eigenvalue weighted by Crippen LogP contribution is -2.66. The van der Waals surface area contributed by atoms with Gasteiger partial charge in [0.25, 0.3) is 5.56 Å². The number of carbonyl (C=O) groups is 5. The van der Waals surface area contributed by atoms with Crippen LogP contribution in [0.4, 0.5) is 0 Å². The lowest BCUT2D eigenvalue weighted by atomic mass is 9.95. The fourth-order valence-corrected chi connectivity index (χ4v) is 8.44. The molecule has 3 rings (SSSR count). The normalized spacial score (nSPS) is 21.4. The van der Waals surface area contributed by atoms with E-state index >= 15 is 0 Å². The molecule has 11 atom stereocenters. The summed E-state index contributed by atoms with van der Waals surface area (Å²) in [6.45, 7) is 6.94. The van der Waals surface area contributed by atoms with E-state index in [2.05, 4.69) is 31.6 Å². The molecule has 0 aromatic carbocycles. The second kappa shape index (κ2) is 30.4. The Morgan fingerprint density at radius 2 is 1.50 bits per heavy atom. The molecule has 0 radical (unpaired) electrons. The molecule has 0 bridgehead atoms. The van der Waals surface area contributed by atoms with Crippen molar-refractivity contribution in [3.63, 3.8) is 0 Å². The molecule has 27 nitrogen and oxygen atoms in total. The first-order valence-electron chi connectivity index (χ1n) is 24.7. The quantitative estimate of drug-likeness (QED) is 0.0116. The topological polar surface area (TPSA) is 432 Å². The average Bonchev–Trinajstić information content (AvgIpc) is 3.60. The number of guanidine groups is 2. The number of unbranched alkanes of at least 4 members (excludes halogenated alkanes) is 9. The predicted molar refractivity (Wildman–Crippen MR) is 259 cm³/mol. The number of nitrogens with one attached hydrogen (secondary N) is 7. The van der Waals surface area contributed by atoms with Crippen molar-refractivity contribution in [3.8, 4) is 0 Å². The van der Waals surface area contributed by atoms with Crippen LogP contribution < -0.4 is 49.3 Å². The number of carboxylic acid groups (broad SMARTS) is 2. The van der Waals surface area contributed by atoms with Crippen molar-refractivity contribution >= 4 is 41.6 Å². The van der Waals surface area contributed by atoms with Gasteiger partial charge < -0.3 is 67.7 Å². The van der Waals surface area contributed by atoms with Gasteiger partial charge in [0, 0.05) is 38.3 Å². The summed E-state index contributed by atoms with van der Waals surface area (Å²) in [6.07, 6.45) is -0.0238. The fraction of sp³-hybridized carbons (Fsp3) is 0.756. The highest BCUT2D eigenvalue weighted by molar-refractivity contribution is 5.92. The molecule has 2 aliphatic rings. The Bertz CT molecular complexity index is 2070. The van der Waals surface area contributed by atoms with Crippen LogP contribution in [0.25, 0.3) is 0 Å². The van der Waals surface area contributed by atoms with Crippen LogP contribution in [0.1, 0.15) is 117 Å². The molecule has 17 N–H and O–H groups in total. The third kappa shape index (κ3) is 19.0. The van der Waals surface area contributed by atoms with Crippen LogP contribution in [0.3, 0.4) is 0 Å². The molecular weight excluding hydrogens is 949 g/mol. The number of esters is 1. The number of aromatic amines is 1. The van der Waals surface area contributed by atoms with Crippen LogP contribution in [0.2, 0.25) is 0 Å². The van der Waals surface area contributed by atoms with E-state index in [1.54, 1.807) is 27.7 Å². The molecule has 0 spiro atoms. The van der Waals surface area contributed by atoms with E-state index in [0.29, 0.717) is 13.0 Å². The van der Waals surface area contributed by atoms with Crippen molar-refractivity contribution in [2.75, 3.05) is 26.2 Å². The summed E-state index contributed by atoms with van der Waals surface area (Å²) in [5.41, 5.74) is 9.46. The molecule has 408 valence electrons. The number of aliphatic hydroxyl groups is 3. The van der Waals surface area contributed by atoms with Gasteiger partial charge >= 0.3 is 23.6 Å².